The Bertz CT molecular complexity index is 418. The summed E-state index contributed by atoms with van der Waals surface area (Å²) >= 11 is 1.56. The lowest BCUT2D eigenvalue weighted by Crippen LogP contribution is -2.49. The molecule has 6 heteroatoms. The lowest BCUT2D eigenvalue weighted by molar-refractivity contribution is -0.132. The van der Waals surface area contributed by atoms with Gasteiger partial charge in [0.1, 0.15) is 0 Å². The van der Waals surface area contributed by atoms with E-state index in [-0.39, 0.29) is 24.4 Å². The summed E-state index contributed by atoms with van der Waals surface area (Å²) in [6, 6.07) is 4.07. The Morgan fingerprint density at radius 1 is 1.50 bits per heavy atom. The average molecular weight is 316 g/mol. The number of amides is 1. The van der Waals surface area contributed by atoms with Gasteiger partial charge in [0.15, 0.2) is 0 Å². The predicted octanol–water partition coefficient (Wildman–Crippen LogP) is 2.18. The van der Waals surface area contributed by atoms with E-state index >= 15 is 0 Å². The number of aromatic nitrogens is 1. The number of likely N-dealkylation sites (tertiary alicyclic amines) is 1. The van der Waals surface area contributed by atoms with Gasteiger partial charge in [-0.1, -0.05) is 6.92 Å². The van der Waals surface area contributed by atoms with Crippen molar-refractivity contribution in [2.45, 2.75) is 30.7 Å². The third-order valence-electron chi connectivity index (χ3n) is 3.58. The van der Waals surface area contributed by atoms with Crippen LogP contribution in [0.15, 0.2) is 29.4 Å². The first-order chi connectivity index (χ1) is 9.20. The highest BCUT2D eigenvalue weighted by molar-refractivity contribution is 8.00. The highest BCUT2D eigenvalue weighted by Gasteiger charge is 2.28. The topological polar surface area (TPSA) is 59.2 Å². The molecule has 1 aromatic heterocycles. The van der Waals surface area contributed by atoms with Crippen LogP contribution >= 0.6 is 24.2 Å². The molecule has 0 spiro atoms. The molecule has 2 atom stereocenters. The Morgan fingerprint density at radius 2 is 2.20 bits per heavy atom. The summed E-state index contributed by atoms with van der Waals surface area (Å²) in [5.41, 5.74) is 5.79. The zero-order valence-electron chi connectivity index (χ0n) is 11.7. The molecule has 2 N–H and O–H groups in total. The molecule has 0 aromatic carbocycles. The van der Waals surface area contributed by atoms with E-state index in [0.717, 1.165) is 24.3 Å². The van der Waals surface area contributed by atoms with Crippen LogP contribution in [-0.4, -0.2) is 40.7 Å². The minimum absolute atomic E-state index is 0. The van der Waals surface area contributed by atoms with Crippen LogP contribution in [0.1, 0.15) is 19.8 Å². The standard InChI is InChI=1S/C14H21N3OS.ClH/c1-11-4-7-17(12(8-11)9-15)14(18)10-19-13-2-5-16-6-3-13;/h2-3,5-6,11-12H,4,7-10,15H2,1H3;1H. The zero-order valence-corrected chi connectivity index (χ0v) is 13.3. The van der Waals surface area contributed by atoms with Crippen molar-refractivity contribution in [1.29, 1.82) is 0 Å². The Balaban J connectivity index is 0.00000200. The molecular formula is C14H22ClN3OS. The molecule has 0 bridgehead atoms. The fraction of sp³-hybridized carbons (Fsp3) is 0.571. The van der Waals surface area contributed by atoms with Crippen LogP contribution < -0.4 is 5.73 Å². The Morgan fingerprint density at radius 3 is 2.85 bits per heavy atom. The van der Waals surface area contributed by atoms with Crippen molar-refractivity contribution in [2.75, 3.05) is 18.8 Å². The highest BCUT2D eigenvalue weighted by Crippen LogP contribution is 2.24. The third kappa shape index (κ3) is 4.65. The Labute approximate surface area is 130 Å². The molecule has 2 heterocycles. The van der Waals surface area contributed by atoms with Crippen molar-refractivity contribution in [1.82, 2.24) is 9.88 Å². The number of nitrogens with two attached hydrogens (primary N) is 1. The number of halogens is 1. The molecule has 0 aliphatic carbocycles. The monoisotopic (exact) mass is 315 g/mol. The van der Waals surface area contributed by atoms with Crippen LogP contribution in [0.3, 0.4) is 0 Å². The van der Waals surface area contributed by atoms with Crippen LogP contribution in [0.25, 0.3) is 0 Å². The number of hydrogen-bond acceptors (Lipinski definition) is 4. The van der Waals surface area contributed by atoms with E-state index < -0.39 is 0 Å². The van der Waals surface area contributed by atoms with Gasteiger partial charge in [-0.3, -0.25) is 9.78 Å². The first kappa shape index (κ1) is 17.3. The molecule has 1 aliphatic heterocycles. The van der Waals surface area contributed by atoms with E-state index in [1.165, 1.54) is 0 Å². The molecule has 2 rings (SSSR count). The molecule has 2 unspecified atom stereocenters. The number of nitrogens with zero attached hydrogens (tertiary/aromatic N) is 2. The summed E-state index contributed by atoms with van der Waals surface area (Å²) in [6.45, 7) is 3.64. The first-order valence-electron chi connectivity index (χ1n) is 6.73. The van der Waals surface area contributed by atoms with Gasteiger partial charge in [-0.05, 0) is 30.9 Å². The van der Waals surface area contributed by atoms with Gasteiger partial charge >= 0.3 is 0 Å². The van der Waals surface area contributed by atoms with Gasteiger partial charge in [0.25, 0.3) is 0 Å². The minimum atomic E-state index is 0. The molecular weight excluding hydrogens is 294 g/mol. The second-order valence-electron chi connectivity index (χ2n) is 5.08. The maximum atomic E-state index is 12.3. The molecule has 112 valence electrons. The summed E-state index contributed by atoms with van der Waals surface area (Å²) in [4.78, 5) is 19.3. The minimum Gasteiger partial charge on any atom is -0.338 e. The fourth-order valence-corrected chi connectivity index (χ4v) is 3.24. The van der Waals surface area contributed by atoms with Crippen molar-refractivity contribution < 1.29 is 4.79 Å². The van der Waals surface area contributed by atoms with Crippen LogP contribution in [0, 0.1) is 5.92 Å². The number of hydrogen-bond donors (Lipinski definition) is 1. The number of carbonyl (C=O) groups excluding carboxylic acids is 1. The summed E-state index contributed by atoms with van der Waals surface area (Å²) in [5.74, 6) is 1.35. The lowest BCUT2D eigenvalue weighted by atomic mass is 9.92. The number of carbonyl (C=O) groups is 1. The van der Waals surface area contributed by atoms with Crippen molar-refractivity contribution in [3.63, 3.8) is 0 Å². The summed E-state index contributed by atoms with van der Waals surface area (Å²) in [7, 11) is 0. The molecule has 0 radical (unpaired) electrons. The Kier molecular flexibility index (Phi) is 7.34. The summed E-state index contributed by atoms with van der Waals surface area (Å²) < 4.78 is 0. The third-order valence-corrected chi connectivity index (χ3v) is 4.58. The summed E-state index contributed by atoms with van der Waals surface area (Å²) in [5, 5.41) is 0. The van der Waals surface area contributed by atoms with E-state index in [1.807, 2.05) is 17.0 Å². The molecule has 0 saturated carbocycles. The van der Waals surface area contributed by atoms with Gasteiger partial charge in [0, 0.05) is 36.4 Å². The maximum absolute atomic E-state index is 12.3. The lowest BCUT2D eigenvalue weighted by Gasteiger charge is -2.38. The molecule has 1 aromatic rings. The van der Waals surface area contributed by atoms with Gasteiger partial charge in [-0.25, -0.2) is 0 Å². The molecule has 20 heavy (non-hydrogen) atoms. The quantitative estimate of drug-likeness (QED) is 0.865. The molecule has 1 fully saturated rings. The van der Waals surface area contributed by atoms with Crippen molar-refractivity contribution >= 4 is 30.1 Å². The van der Waals surface area contributed by atoms with Crippen molar-refractivity contribution in [3.05, 3.63) is 24.5 Å². The van der Waals surface area contributed by atoms with E-state index in [9.17, 15) is 4.79 Å². The molecule has 1 amide bonds. The SMILES string of the molecule is CC1CCN(C(=O)CSc2ccncc2)C(CN)C1.Cl. The van der Waals surface area contributed by atoms with E-state index in [4.69, 9.17) is 5.73 Å². The number of pyridine rings is 1. The van der Waals surface area contributed by atoms with Crippen LogP contribution in [0.5, 0.6) is 0 Å². The molecule has 1 aliphatic rings. The Hall–Kier alpha value is -0.780. The predicted molar refractivity (Wildman–Crippen MR) is 85.2 cm³/mol. The van der Waals surface area contributed by atoms with Gasteiger partial charge in [-0.2, -0.15) is 0 Å². The fourth-order valence-electron chi connectivity index (χ4n) is 2.47. The van der Waals surface area contributed by atoms with Crippen LogP contribution in [0.2, 0.25) is 0 Å². The normalized spacial score (nSPS) is 22.2. The highest BCUT2D eigenvalue weighted by atomic mass is 35.5. The first-order valence-corrected chi connectivity index (χ1v) is 7.71. The van der Waals surface area contributed by atoms with E-state index in [2.05, 4.69) is 11.9 Å². The van der Waals surface area contributed by atoms with Crippen LogP contribution in [0.4, 0.5) is 0 Å². The van der Waals surface area contributed by atoms with E-state index in [1.54, 1.807) is 24.2 Å². The van der Waals surface area contributed by atoms with E-state index in [0.29, 0.717) is 18.2 Å². The van der Waals surface area contributed by atoms with Crippen molar-refractivity contribution in [2.24, 2.45) is 11.7 Å². The van der Waals surface area contributed by atoms with Gasteiger partial charge < -0.3 is 10.6 Å². The second-order valence-corrected chi connectivity index (χ2v) is 6.13. The zero-order chi connectivity index (χ0) is 13.7. The second kappa shape index (κ2) is 8.49. The summed E-state index contributed by atoms with van der Waals surface area (Å²) in [6.07, 6.45) is 5.61. The average Bonchev–Trinajstić information content (AvgIpc) is 2.45. The largest absolute Gasteiger partial charge is 0.338 e. The van der Waals surface area contributed by atoms with Crippen LogP contribution in [-0.2, 0) is 4.79 Å². The van der Waals surface area contributed by atoms with Gasteiger partial charge in [0.05, 0.1) is 5.75 Å². The number of rotatable bonds is 4. The van der Waals surface area contributed by atoms with Gasteiger partial charge in [-0.15, -0.1) is 24.2 Å². The molecule has 1 saturated heterocycles. The molecule has 4 nitrogen and oxygen atoms in total. The smallest absolute Gasteiger partial charge is 0.233 e. The number of thioether (sulfide) groups is 1. The van der Waals surface area contributed by atoms with Gasteiger partial charge in [0.2, 0.25) is 5.91 Å². The van der Waals surface area contributed by atoms with Crippen molar-refractivity contribution in [3.8, 4) is 0 Å². The number of piperidine rings is 1. The maximum Gasteiger partial charge on any atom is 0.233 e.